The fourth-order valence-electron chi connectivity index (χ4n) is 1.96. The summed E-state index contributed by atoms with van der Waals surface area (Å²) in [5.41, 5.74) is -0.362. The third kappa shape index (κ3) is 4.01. The predicted octanol–water partition coefficient (Wildman–Crippen LogP) is 2.17. The summed E-state index contributed by atoms with van der Waals surface area (Å²) < 4.78 is 1.39. The van der Waals surface area contributed by atoms with Crippen molar-refractivity contribution < 1.29 is 4.79 Å². The molecule has 0 aliphatic rings. The van der Waals surface area contributed by atoms with Crippen LogP contribution < -0.4 is 11.0 Å². The van der Waals surface area contributed by atoms with E-state index in [0.29, 0.717) is 5.16 Å². The molecule has 8 heteroatoms. The van der Waals surface area contributed by atoms with Crippen LogP contribution in [0.1, 0.15) is 31.7 Å². The van der Waals surface area contributed by atoms with Crippen LogP contribution >= 0.6 is 23.1 Å². The highest BCUT2D eigenvalue weighted by Crippen LogP contribution is 2.35. The Kier molecular flexibility index (Phi) is 5.12. The van der Waals surface area contributed by atoms with Crippen molar-refractivity contribution in [3.05, 3.63) is 32.9 Å². The molecule has 0 saturated carbocycles. The molecule has 2 aromatic rings. The maximum absolute atomic E-state index is 12.2. The van der Waals surface area contributed by atoms with Crippen LogP contribution in [0.25, 0.3) is 0 Å². The normalized spacial score (nSPS) is 13.1. The highest BCUT2D eigenvalue weighted by Gasteiger charge is 2.28. The second-order valence-electron chi connectivity index (χ2n) is 6.04. The predicted molar refractivity (Wildman–Crippen MR) is 89.2 cm³/mol. The fourth-order valence-corrected chi connectivity index (χ4v) is 3.71. The highest BCUT2D eigenvalue weighted by molar-refractivity contribution is 7.99. The van der Waals surface area contributed by atoms with Gasteiger partial charge in [0.15, 0.2) is 5.16 Å². The summed E-state index contributed by atoms with van der Waals surface area (Å²) >= 11 is 2.87. The minimum atomic E-state index is -0.283. The van der Waals surface area contributed by atoms with Gasteiger partial charge in [-0.15, -0.1) is 16.4 Å². The minimum Gasteiger partial charge on any atom is -0.347 e. The number of carbonyl (C=O) groups is 1. The number of hydrogen-bond acceptors (Lipinski definition) is 5. The van der Waals surface area contributed by atoms with Crippen molar-refractivity contribution in [2.24, 2.45) is 12.5 Å². The van der Waals surface area contributed by atoms with E-state index in [1.165, 1.54) is 16.3 Å². The number of amides is 1. The standard InChI is InChI=1S/C14H20N4O2S2/c1-14(2,3)11(9-6-5-7-21-9)15-10(19)8-22-13-17-16-12(20)18(13)4/h5-7,11H,8H2,1-4H3,(H,15,19)(H,16,20). The number of aromatic amines is 1. The summed E-state index contributed by atoms with van der Waals surface area (Å²) in [7, 11) is 1.62. The first kappa shape index (κ1) is 16.8. The Hall–Kier alpha value is -1.54. The van der Waals surface area contributed by atoms with E-state index in [-0.39, 0.29) is 28.8 Å². The molecule has 2 heterocycles. The summed E-state index contributed by atoms with van der Waals surface area (Å²) in [6.45, 7) is 6.30. The molecule has 0 aliphatic heterocycles. The molecule has 120 valence electrons. The van der Waals surface area contributed by atoms with Crippen LogP contribution in [0.5, 0.6) is 0 Å². The number of hydrogen-bond donors (Lipinski definition) is 2. The second-order valence-corrected chi connectivity index (χ2v) is 7.96. The largest absolute Gasteiger partial charge is 0.347 e. The van der Waals surface area contributed by atoms with Crippen molar-refractivity contribution in [2.45, 2.75) is 32.0 Å². The van der Waals surface area contributed by atoms with E-state index in [1.54, 1.807) is 18.4 Å². The first-order valence-corrected chi connectivity index (χ1v) is 8.72. The van der Waals surface area contributed by atoms with Gasteiger partial charge in [0.25, 0.3) is 0 Å². The first-order valence-electron chi connectivity index (χ1n) is 6.86. The molecule has 6 nitrogen and oxygen atoms in total. The van der Waals surface area contributed by atoms with Crippen molar-refractivity contribution >= 4 is 29.0 Å². The smallest absolute Gasteiger partial charge is 0.343 e. The Morgan fingerprint density at radius 3 is 2.77 bits per heavy atom. The molecule has 0 radical (unpaired) electrons. The van der Waals surface area contributed by atoms with Crippen LogP contribution in [-0.4, -0.2) is 26.4 Å². The molecule has 22 heavy (non-hydrogen) atoms. The summed E-state index contributed by atoms with van der Waals surface area (Å²) in [5, 5.41) is 11.8. The van der Waals surface area contributed by atoms with Gasteiger partial charge in [-0.05, 0) is 16.9 Å². The number of rotatable bonds is 5. The average Bonchev–Trinajstić information content (AvgIpc) is 3.05. The molecule has 0 bridgehead atoms. The van der Waals surface area contributed by atoms with Gasteiger partial charge in [-0.3, -0.25) is 9.36 Å². The van der Waals surface area contributed by atoms with Crippen LogP contribution in [0.15, 0.2) is 27.5 Å². The Labute approximate surface area is 137 Å². The SMILES string of the molecule is Cn1c(SCC(=O)NC(c2cccs2)C(C)(C)C)n[nH]c1=O. The topological polar surface area (TPSA) is 79.8 Å². The van der Waals surface area contributed by atoms with Gasteiger partial charge < -0.3 is 5.32 Å². The Morgan fingerprint density at radius 2 is 2.27 bits per heavy atom. The highest BCUT2D eigenvalue weighted by atomic mass is 32.2. The lowest BCUT2D eigenvalue weighted by atomic mass is 9.86. The number of H-pyrrole nitrogens is 1. The molecular weight excluding hydrogens is 320 g/mol. The van der Waals surface area contributed by atoms with E-state index in [0.717, 1.165) is 4.88 Å². The van der Waals surface area contributed by atoms with Crippen molar-refractivity contribution in [1.82, 2.24) is 20.1 Å². The molecule has 2 N–H and O–H groups in total. The van der Waals surface area contributed by atoms with Gasteiger partial charge in [-0.1, -0.05) is 38.6 Å². The minimum absolute atomic E-state index is 0.0383. The molecular formula is C14H20N4O2S2. The number of nitrogens with zero attached hydrogens (tertiary/aromatic N) is 2. The van der Waals surface area contributed by atoms with Crippen molar-refractivity contribution in [3.63, 3.8) is 0 Å². The third-order valence-corrected chi connectivity index (χ3v) is 5.14. The molecule has 2 rings (SSSR count). The van der Waals surface area contributed by atoms with Gasteiger partial charge in [0.1, 0.15) is 0 Å². The Morgan fingerprint density at radius 1 is 1.55 bits per heavy atom. The summed E-state index contributed by atoms with van der Waals surface area (Å²) in [5.74, 6) is 0.143. The number of aromatic nitrogens is 3. The molecule has 0 saturated heterocycles. The van der Waals surface area contributed by atoms with Gasteiger partial charge in [0, 0.05) is 11.9 Å². The van der Waals surface area contributed by atoms with E-state index in [2.05, 4.69) is 36.3 Å². The van der Waals surface area contributed by atoms with Gasteiger partial charge in [-0.2, -0.15) is 0 Å². The van der Waals surface area contributed by atoms with Gasteiger partial charge in [0.2, 0.25) is 5.91 Å². The molecule has 0 spiro atoms. The lowest BCUT2D eigenvalue weighted by molar-refractivity contribution is -0.120. The molecule has 0 aliphatic carbocycles. The average molecular weight is 340 g/mol. The van der Waals surface area contributed by atoms with Gasteiger partial charge >= 0.3 is 5.69 Å². The van der Waals surface area contributed by atoms with Crippen molar-refractivity contribution in [2.75, 3.05) is 5.75 Å². The van der Waals surface area contributed by atoms with Gasteiger partial charge in [0.05, 0.1) is 11.8 Å². The second kappa shape index (κ2) is 6.70. The quantitative estimate of drug-likeness (QED) is 0.818. The molecule has 0 aromatic carbocycles. The molecule has 0 fully saturated rings. The molecule has 1 atom stereocenters. The fraction of sp³-hybridized carbons (Fsp3) is 0.500. The zero-order valence-electron chi connectivity index (χ0n) is 13.0. The van der Waals surface area contributed by atoms with E-state index in [9.17, 15) is 9.59 Å². The lowest BCUT2D eigenvalue weighted by Gasteiger charge is -2.30. The number of thioether (sulfide) groups is 1. The van der Waals surface area contributed by atoms with Crippen molar-refractivity contribution in [3.8, 4) is 0 Å². The Bertz CT molecular complexity index is 683. The number of carbonyl (C=O) groups excluding carboxylic acids is 1. The summed E-state index contributed by atoms with van der Waals surface area (Å²) in [6.07, 6.45) is 0. The molecule has 2 aromatic heterocycles. The first-order chi connectivity index (χ1) is 10.3. The summed E-state index contributed by atoms with van der Waals surface area (Å²) in [4.78, 5) is 24.7. The van der Waals surface area contributed by atoms with E-state index in [1.807, 2.05) is 17.5 Å². The van der Waals surface area contributed by atoms with Crippen LogP contribution in [0, 0.1) is 5.41 Å². The van der Waals surface area contributed by atoms with Crippen LogP contribution in [0.2, 0.25) is 0 Å². The Balaban J connectivity index is 2.00. The maximum Gasteiger partial charge on any atom is 0.343 e. The van der Waals surface area contributed by atoms with Crippen LogP contribution in [-0.2, 0) is 11.8 Å². The van der Waals surface area contributed by atoms with E-state index < -0.39 is 0 Å². The summed E-state index contributed by atoms with van der Waals surface area (Å²) in [6, 6.07) is 3.98. The third-order valence-electron chi connectivity index (χ3n) is 3.17. The van der Waals surface area contributed by atoms with E-state index in [4.69, 9.17) is 0 Å². The zero-order valence-corrected chi connectivity index (χ0v) is 14.7. The number of nitrogens with one attached hydrogen (secondary N) is 2. The van der Waals surface area contributed by atoms with Crippen molar-refractivity contribution in [1.29, 1.82) is 0 Å². The zero-order chi connectivity index (χ0) is 16.3. The maximum atomic E-state index is 12.2. The monoisotopic (exact) mass is 340 g/mol. The van der Waals surface area contributed by atoms with Crippen LogP contribution in [0.3, 0.4) is 0 Å². The van der Waals surface area contributed by atoms with E-state index >= 15 is 0 Å². The lowest BCUT2D eigenvalue weighted by Crippen LogP contribution is -2.37. The van der Waals surface area contributed by atoms with Crippen LogP contribution in [0.4, 0.5) is 0 Å². The molecule has 1 unspecified atom stereocenters. The van der Waals surface area contributed by atoms with Gasteiger partial charge in [-0.25, -0.2) is 9.89 Å². The molecule has 1 amide bonds. The number of thiophene rings is 1.